The molecule has 0 aliphatic heterocycles. The van der Waals surface area contributed by atoms with Crippen molar-refractivity contribution in [1.29, 1.82) is 0 Å². The molecule has 5 aromatic rings. The van der Waals surface area contributed by atoms with E-state index in [4.69, 9.17) is 0 Å². The van der Waals surface area contributed by atoms with Crippen molar-refractivity contribution in [1.82, 2.24) is 4.57 Å². The summed E-state index contributed by atoms with van der Waals surface area (Å²) in [5, 5.41) is 3.87. The summed E-state index contributed by atoms with van der Waals surface area (Å²) in [6, 6.07) is 29.9. The number of para-hydroxylation sites is 1. The van der Waals surface area contributed by atoms with Crippen LogP contribution in [0.5, 0.6) is 0 Å². The molecular weight excluding hydrogens is 552 g/mol. The van der Waals surface area contributed by atoms with Gasteiger partial charge in [-0.2, -0.15) is 17.2 Å². The number of hydrogen-bond acceptors (Lipinski definition) is 0. The third kappa shape index (κ3) is 5.05. The minimum absolute atomic E-state index is 0. The minimum Gasteiger partial charge on any atom is -1.00 e. The molecule has 1 heterocycles. The van der Waals surface area contributed by atoms with Crippen LogP contribution in [0.2, 0.25) is 0 Å². The first-order valence-electron chi connectivity index (χ1n) is 8.63. The number of fused-ring (bicyclic) bond motifs is 2. The summed E-state index contributed by atoms with van der Waals surface area (Å²) < 4.78 is 2.25. The van der Waals surface area contributed by atoms with Crippen LogP contribution in [0.15, 0.2) is 91.1 Å². The summed E-state index contributed by atoms with van der Waals surface area (Å²) in [6.07, 6.45) is 2.14. The zero-order chi connectivity index (χ0) is 17.2. The largest absolute Gasteiger partial charge is 4.00 e. The first kappa shape index (κ1) is 24.4. The molecule has 0 spiro atoms. The van der Waals surface area contributed by atoms with Gasteiger partial charge >= 0.3 is 25.8 Å². The number of hydrogen-bond donors (Lipinski definition) is 0. The average Bonchev–Trinajstić information content (AvgIpc) is 3.34. The summed E-state index contributed by atoms with van der Waals surface area (Å²) >= 11 is 0. The molecule has 0 N–H and O–H groups in total. The second-order valence-electron chi connectivity index (χ2n) is 6.48. The molecule has 140 valence electrons. The number of nitrogens with zero attached hydrogens (tertiary/aromatic N) is 1. The Balaban J connectivity index is 0.000000341. The summed E-state index contributed by atoms with van der Waals surface area (Å²) in [5.41, 5.74) is 5.27. The number of aromatic nitrogens is 1. The molecule has 0 fully saturated rings. The van der Waals surface area contributed by atoms with Crippen molar-refractivity contribution in [3.05, 3.63) is 102 Å². The van der Waals surface area contributed by atoms with Gasteiger partial charge in [-0.1, -0.05) is 38.1 Å². The predicted molar refractivity (Wildman–Crippen MR) is 108 cm³/mol. The smallest absolute Gasteiger partial charge is 1.00 e. The van der Waals surface area contributed by atoms with E-state index < -0.39 is 0 Å². The van der Waals surface area contributed by atoms with Crippen LogP contribution in [-0.4, -0.2) is 4.57 Å². The van der Waals surface area contributed by atoms with Gasteiger partial charge in [-0.3, -0.25) is 0 Å². The molecule has 4 heteroatoms. The third-order valence-corrected chi connectivity index (χ3v) is 4.79. The van der Waals surface area contributed by atoms with E-state index in [1.54, 1.807) is 0 Å². The SMILES string of the molecule is Cc1ccc[c-]1C.[Cl-].[Cl-].[Hf+4].c1ccc2[cH-]c(-n3ccc4ccccc43)cc2c1. The molecule has 4 aromatic carbocycles. The Hall–Kier alpha value is -1.61. The van der Waals surface area contributed by atoms with Gasteiger partial charge in [-0.15, -0.1) is 41.1 Å². The molecule has 0 atom stereocenters. The molecule has 0 bridgehead atoms. The summed E-state index contributed by atoms with van der Waals surface area (Å²) in [4.78, 5) is 0. The number of aryl methyl sites for hydroxylation is 2. The van der Waals surface area contributed by atoms with Crippen molar-refractivity contribution in [3.63, 3.8) is 0 Å². The van der Waals surface area contributed by atoms with E-state index in [9.17, 15) is 0 Å². The van der Waals surface area contributed by atoms with Crippen molar-refractivity contribution in [2.24, 2.45) is 0 Å². The van der Waals surface area contributed by atoms with Crippen LogP contribution in [0.25, 0.3) is 27.4 Å². The maximum Gasteiger partial charge on any atom is 4.00 e. The van der Waals surface area contributed by atoms with Crippen LogP contribution in [0.3, 0.4) is 0 Å². The number of benzene rings is 2. The van der Waals surface area contributed by atoms with Gasteiger partial charge in [0.2, 0.25) is 0 Å². The Morgan fingerprint density at radius 3 is 2.11 bits per heavy atom. The Labute approximate surface area is 197 Å². The molecule has 28 heavy (non-hydrogen) atoms. The fraction of sp³-hybridized carbons (Fsp3) is 0.0833. The molecular formula is C24H21Cl2HfN. The normalized spacial score (nSPS) is 9.64. The van der Waals surface area contributed by atoms with E-state index in [1.807, 2.05) is 0 Å². The fourth-order valence-electron chi connectivity index (χ4n) is 3.18. The minimum atomic E-state index is 0. The molecule has 1 nitrogen and oxygen atoms in total. The van der Waals surface area contributed by atoms with Crippen LogP contribution < -0.4 is 24.8 Å². The summed E-state index contributed by atoms with van der Waals surface area (Å²) in [6.45, 7) is 4.24. The summed E-state index contributed by atoms with van der Waals surface area (Å²) in [5.74, 6) is 0. The fourth-order valence-corrected chi connectivity index (χ4v) is 3.18. The summed E-state index contributed by atoms with van der Waals surface area (Å²) in [7, 11) is 0. The molecule has 0 aliphatic rings. The van der Waals surface area contributed by atoms with Crippen molar-refractivity contribution >= 4 is 21.7 Å². The molecule has 0 saturated heterocycles. The van der Waals surface area contributed by atoms with Crippen LogP contribution in [0, 0.1) is 13.8 Å². The van der Waals surface area contributed by atoms with Gasteiger partial charge in [-0.25, -0.2) is 12.1 Å². The van der Waals surface area contributed by atoms with E-state index >= 15 is 0 Å². The van der Waals surface area contributed by atoms with Crippen molar-refractivity contribution in [2.45, 2.75) is 13.8 Å². The van der Waals surface area contributed by atoms with Gasteiger partial charge < -0.3 is 29.4 Å². The first-order valence-corrected chi connectivity index (χ1v) is 8.63. The Morgan fingerprint density at radius 1 is 0.821 bits per heavy atom. The molecule has 0 radical (unpaired) electrons. The second-order valence-corrected chi connectivity index (χ2v) is 6.48. The van der Waals surface area contributed by atoms with Gasteiger partial charge in [0.15, 0.2) is 0 Å². The molecule has 0 amide bonds. The molecule has 0 saturated carbocycles. The van der Waals surface area contributed by atoms with Gasteiger partial charge in [-0.05, 0) is 23.2 Å². The van der Waals surface area contributed by atoms with Gasteiger partial charge in [0, 0.05) is 6.20 Å². The second kappa shape index (κ2) is 10.8. The van der Waals surface area contributed by atoms with Gasteiger partial charge in [0.25, 0.3) is 0 Å². The van der Waals surface area contributed by atoms with Crippen LogP contribution in [-0.2, 0) is 25.8 Å². The van der Waals surface area contributed by atoms with Gasteiger partial charge in [0.1, 0.15) is 0 Å². The average molecular weight is 573 g/mol. The van der Waals surface area contributed by atoms with E-state index in [1.165, 1.54) is 38.5 Å². The molecule has 0 aliphatic carbocycles. The molecule has 1 aromatic heterocycles. The third-order valence-electron chi connectivity index (χ3n) is 4.79. The van der Waals surface area contributed by atoms with Crippen LogP contribution in [0.4, 0.5) is 0 Å². The quantitative estimate of drug-likeness (QED) is 0.204. The number of rotatable bonds is 1. The van der Waals surface area contributed by atoms with Crippen molar-refractivity contribution in [3.8, 4) is 5.69 Å². The monoisotopic (exact) mass is 573 g/mol. The maximum absolute atomic E-state index is 2.25. The zero-order valence-electron chi connectivity index (χ0n) is 15.9. The maximum atomic E-state index is 2.25. The Morgan fingerprint density at radius 2 is 1.50 bits per heavy atom. The Kier molecular flexibility index (Phi) is 9.43. The molecule has 5 rings (SSSR count). The zero-order valence-corrected chi connectivity index (χ0v) is 21.0. The Bertz CT molecular complexity index is 1080. The van der Waals surface area contributed by atoms with E-state index in [0.29, 0.717) is 0 Å². The molecule has 0 unspecified atom stereocenters. The van der Waals surface area contributed by atoms with E-state index in [2.05, 4.69) is 110 Å². The van der Waals surface area contributed by atoms with Crippen molar-refractivity contribution in [2.75, 3.05) is 0 Å². The standard InChI is InChI=1S/C17H12N.C7H9.2ClH.Hf/c1-2-7-15-12-16(11-14(15)6-1)18-10-9-13-5-3-4-8-17(13)18;1-6-4-3-5-7(6)2;;;/h1-12H;3-5H,1-2H3;2*1H;/q2*-1;;;+4/p-2. The topological polar surface area (TPSA) is 4.93 Å². The van der Waals surface area contributed by atoms with E-state index in [0.717, 1.165) is 0 Å². The van der Waals surface area contributed by atoms with Gasteiger partial charge in [0.05, 0.1) is 5.52 Å². The first-order chi connectivity index (χ1) is 12.2. The predicted octanol–water partition coefficient (Wildman–Crippen LogP) is 0.530. The van der Waals surface area contributed by atoms with E-state index in [-0.39, 0.29) is 50.7 Å². The number of halogens is 2. The van der Waals surface area contributed by atoms with Crippen LogP contribution in [0.1, 0.15) is 11.1 Å². The van der Waals surface area contributed by atoms with Crippen LogP contribution >= 0.6 is 0 Å². The van der Waals surface area contributed by atoms with Crippen molar-refractivity contribution < 1.29 is 50.7 Å².